The first-order chi connectivity index (χ1) is 12.5. The average Bonchev–Trinajstić information content (AvgIpc) is 2.59. The molecule has 0 fully saturated rings. The van der Waals surface area contributed by atoms with E-state index >= 15 is 0 Å². The van der Waals surface area contributed by atoms with Crippen LogP contribution in [0.1, 0.15) is 30.5 Å². The van der Waals surface area contributed by atoms with Crippen LogP contribution in [-0.4, -0.2) is 17.2 Å². The summed E-state index contributed by atoms with van der Waals surface area (Å²) in [6, 6.07) is 13.7. The fourth-order valence-corrected chi connectivity index (χ4v) is 4.22. The van der Waals surface area contributed by atoms with Crippen LogP contribution in [0.5, 0.6) is 5.75 Å². The van der Waals surface area contributed by atoms with Gasteiger partial charge in [0.2, 0.25) is 0 Å². The number of halogens is 2. The number of carbonyl (C=O) groups excluding carboxylic acids is 1. The van der Waals surface area contributed by atoms with Gasteiger partial charge in [-0.1, -0.05) is 0 Å². The summed E-state index contributed by atoms with van der Waals surface area (Å²) in [4.78, 5) is 10.4. The minimum atomic E-state index is -1.99. The number of hydrogen-bond donors (Lipinski definition) is 1. The number of carbonyl (C=O) groups is 1. The first kappa shape index (κ1) is 20.9. The van der Waals surface area contributed by atoms with Gasteiger partial charge in [-0.15, -0.1) is 0 Å². The van der Waals surface area contributed by atoms with Gasteiger partial charge in [0.15, 0.2) is 0 Å². The van der Waals surface area contributed by atoms with Gasteiger partial charge in [-0.2, -0.15) is 0 Å². The van der Waals surface area contributed by atoms with Crippen molar-refractivity contribution in [3.63, 3.8) is 0 Å². The molecular formula is C19H21Cl2NO3Ru. The van der Waals surface area contributed by atoms with Crippen molar-refractivity contribution in [2.75, 3.05) is 5.32 Å². The zero-order valence-corrected chi connectivity index (χ0v) is 17.8. The van der Waals surface area contributed by atoms with E-state index in [0.29, 0.717) is 13.0 Å². The molecule has 4 nitrogen and oxygen atoms in total. The van der Waals surface area contributed by atoms with Crippen molar-refractivity contribution in [3.05, 3.63) is 59.2 Å². The maximum absolute atomic E-state index is 10.4. The van der Waals surface area contributed by atoms with Gasteiger partial charge in [0.1, 0.15) is 0 Å². The summed E-state index contributed by atoms with van der Waals surface area (Å²) < 4.78 is 12.6. The predicted octanol–water partition coefficient (Wildman–Crippen LogP) is 4.84. The zero-order chi connectivity index (χ0) is 18.9. The summed E-state index contributed by atoms with van der Waals surface area (Å²) in [6.45, 7) is 5.24. The molecule has 26 heavy (non-hydrogen) atoms. The van der Waals surface area contributed by atoms with Gasteiger partial charge in [0, 0.05) is 0 Å². The van der Waals surface area contributed by atoms with Crippen molar-refractivity contribution in [1.82, 2.24) is 0 Å². The molecule has 0 bridgehead atoms. The quantitative estimate of drug-likeness (QED) is 0.410. The minimum absolute atomic E-state index is 0.0957. The van der Waals surface area contributed by atoms with Gasteiger partial charge < -0.3 is 0 Å². The summed E-state index contributed by atoms with van der Waals surface area (Å²) in [5, 5.41) is 3.41. The van der Waals surface area contributed by atoms with E-state index < -0.39 is 13.5 Å². The first-order valence-electron chi connectivity index (χ1n) is 7.99. The second-order valence-corrected chi connectivity index (χ2v) is 11.5. The third kappa shape index (κ3) is 6.71. The van der Waals surface area contributed by atoms with Crippen LogP contribution in [0, 0.1) is 0 Å². The van der Waals surface area contributed by atoms with Crippen LogP contribution in [0.25, 0.3) is 0 Å². The van der Waals surface area contributed by atoms with Crippen LogP contribution in [0.4, 0.5) is 5.69 Å². The second-order valence-electron chi connectivity index (χ2n) is 5.76. The monoisotopic (exact) mass is 483 g/mol. The molecule has 0 saturated carbocycles. The number of ether oxygens (including phenoxy) is 2. The molecule has 0 radical (unpaired) electrons. The fourth-order valence-electron chi connectivity index (χ4n) is 2.36. The molecule has 0 saturated heterocycles. The summed E-state index contributed by atoms with van der Waals surface area (Å²) in [5.74, 6) is 0.811. The second kappa shape index (κ2) is 10.7. The summed E-state index contributed by atoms with van der Waals surface area (Å²) in [5.41, 5.74) is 3.82. The van der Waals surface area contributed by atoms with Gasteiger partial charge in [0.25, 0.3) is 0 Å². The van der Waals surface area contributed by atoms with Gasteiger partial charge in [-0.05, 0) is 0 Å². The molecule has 0 spiro atoms. The van der Waals surface area contributed by atoms with E-state index in [4.69, 9.17) is 28.9 Å². The molecule has 1 N–H and O–H groups in total. The molecule has 0 unspecified atom stereocenters. The molecule has 7 heteroatoms. The molecule has 0 atom stereocenters. The summed E-state index contributed by atoms with van der Waals surface area (Å²) >= 11 is -1.99. The van der Waals surface area contributed by atoms with Gasteiger partial charge in [0.05, 0.1) is 0 Å². The van der Waals surface area contributed by atoms with Crippen LogP contribution >= 0.6 is 19.4 Å². The maximum atomic E-state index is 10.4. The topological polar surface area (TPSA) is 47.6 Å². The van der Waals surface area contributed by atoms with E-state index in [0.717, 1.165) is 28.1 Å². The number of para-hydroxylation sites is 2. The number of nitrogens with one attached hydrogen (secondary N) is 1. The van der Waals surface area contributed by atoms with E-state index in [2.05, 4.69) is 5.32 Å². The number of anilines is 1. The first-order valence-corrected chi connectivity index (χ1v) is 13.5. The van der Waals surface area contributed by atoms with Crippen LogP contribution in [0.15, 0.2) is 42.5 Å². The molecule has 0 aliphatic heterocycles. The third-order valence-electron chi connectivity index (χ3n) is 3.43. The SMILES string of the molecule is CC(C)Oc1ccccc1NCc1ccc(COC=O)cc1[CH]=[Ru]([Cl])[Cl]. The van der Waals surface area contributed by atoms with E-state index in [1.54, 1.807) is 0 Å². The van der Waals surface area contributed by atoms with Crippen molar-refractivity contribution in [2.45, 2.75) is 33.1 Å². The van der Waals surface area contributed by atoms with Crippen LogP contribution in [0.3, 0.4) is 0 Å². The van der Waals surface area contributed by atoms with Crippen molar-refractivity contribution in [2.24, 2.45) is 0 Å². The molecule has 2 aromatic rings. The average molecular weight is 483 g/mol. The Morgan fingerprint density at radius 3 is 2.65 bits per heavy atom. The Morgan fingerprint density at radius 2 is 1.96 bits per heavy atom. The van der Waals surface area contributed by atoms with Gasteiger partial charge in [-0.25, -0.2) is 0 Å². The molecule has 0 aliphatic rings. The van der Waals surface area contributed by atoms with Crippen molar-refractivity contribution in [3.8, 4) is 5.75 Å². The zero-order valence-electron chi connectivity index (χ0n) is 14.5. The molecule has 142 valence electrons. The number of benzene rings is 2. The fraction of sp³-hybridized carbons (Fsp3) is 0.263. The van der Waals surface area contributed by atoms with Crippen LogP contribution < -0.4 is 10.1 Å². The van der Waals surface area contributed by atoms with Crippen molar-refractivity contribution < 1.29 is 27.8 Å². The Morgan fingerprint density at radius 1 is 1.19 bits per heavy atom. The van der Waals surface area contributed by atoms with Crippen LogP contribution in [-0.2, 0) is 36.2 Å². The number of hydrogen-bond acceptors (Lipinski definition) is 4. The molecule has 2 rings (SSSR count). The van der Waals surface area contributed by atoms with Gasteiger partial charge >= 0.3 is 167 Å². The summed E-state index contributed by atoms with van der Waals surface area (Å²) in [7, 11) is 12.1. The summed E-state index contributed by atoms with van der Waals surface area (Å²) in [6.07, 6.45) is 0.0957. The Bertz CT molecular complexity index is 777. The van der Waals surface area contributed by atoms with E-state index in [-0.39, 0.29) is 12.7 Å². The normalized spacial score (nSPS) is 11.0. The number of rotatable bonds is 9. The Hall–Kier alpha value is -1.42. The van der Waals surface area contributed by atoms with Crippen molar-refractivity contribution >= 4 is 36.2 Å². The van der Waals surface area contributed by atoms with Crippen molar-refractivity contribution in [1.29, 1.82) is 0 Å². The standard InChI is InChI=1S/C19H21NO3.2ClH.Ru/c1-14(2)23-19-7-5-4-6-18(19)20-11-17-9-8-16(10-15(17)3)12-22-13-21;;;/h3-10,13-14,20H,11-12H2,1-2H3;2*1H;/q;;;+2/p-2. The van der Waals surface area contributed by atoms with Gasteiger partial charge in [-0.3, -0.25) is 0 Å². The van der Waals surface area contributed by atoms with E-state index in [9.17, 15) is 4.79 Å². The van der Waals surface area contributed by atoms with E-state index in [1.807, 2.05) is 60.9 Å². The van der Waals surface area contributed by atoms with Crippen LogP contribution in [0.2, 0.25) is 0 Å². The Balaban J connectivity index is 2.21. The molecule has 0 amide bonds. The molecule has 2 aromatic carbocycles. The Labute approximate surface area is 166 Å². The molecule has 0 aliphatic carbocycles. The Kier molecular flexibility index (Phi) is 8.57. The molecular weight excluding hydrogens is 462 g/mol. The molecule has 0 heterocycles. The molecule has 0 aromatic heterocycles. The van der Waals surface area contributed by atoms with E-state index in [1.165, 1.54) is 0 Å². The predicted molar refractivity (Wildman–Crippen MR) is 104 cm³/mol. The third-order valence-corrected chi connectivity index (χ3v) is 5.27.